The second-order valence-corrected chi connectivity index (χ2v) is 9.63. The fourth-order valence-corrected chi connectivity index (χ4v) is 4.57. The van der Waals surface area contributed by atoms with Crippen LogP contribution in [0.3, 0.4) is 0 Å². The number of thiocarbonyl (C=S) groups is 1. The van der Waals surface area contributed by atoms with Crippen molar-refractivity contribution in [2.24, 2.45) is 0 Å². The second kappa shape index (κ2) is 8.49. The molecule has 1 atom stereocenters. The number of nitrogens with one attached hydrogen (secondary N) is 1. The van der Waals surface area contributed by atoms with E-state index in [1.54, 1.807) is 26.3 Å². The van der Waals surface area contributed by atoms with Crippen LogP contribution in [0.4, 0.5) is 0 Å². The van der Waals surface area contributed by atoms with Gasteiger partial charge >= 0.3 is 10.1 Å². The van der Waals surface area contributed by atoms with Gasteiger partial charge < -0.3 is 14.2 Å². The highest BCUT2D eigenvalue weighted by atomic mass is 32.2. The number of carbonyl (C=O) groups is 1. The van der Waals surface area contributed by atoms with Crippen molar-refractivity contribution in [3.05, 3.63) is 83.9 Å². The Morgan fingerprint density at radius 2 is 1.55 bits per heavy atom. The van der Waals surface area contributed by atoms with Crippen LogP contribution in [-0.4, -0.2) is 44.8 Å². The lowest BCUT2D eigenvalue weighted by Gasteiger charge is -2.29. The van der Waals surface area contributed by atoms with E-state index in [2.05, 4.69) is 5.32 Å². The van der Waals surface area contributed by atoms with Gasteiger partial charge in [-0.25, -0.2) is 0 Å². The van der Waals surface area contributed by atoms with E-state index in [0.29, 0.717) is 16.2 Å². The fourth-order valence-electron chi connectivity index (χ4n) is 3.87. The molecular formula is C24H22N2O5S2. The predicted octanol–water partition coefficient (Wildman–Crippen LogP) is 3.29. The van der Waals surface area contributed by atoms with Gasteiger partial charge in [0.1, 0.15) is 11.5 Å². The van der Waals surface area contributed by atoms with E-state index in [1.165, 1.54) is 17.0 Å². The molecule has 1 fully saturated rings. The molecule has 3 aromatic rings. The standard InChI is InChI=1S/C24H22N2O5S2/c1-26-22(27)24(25-23(26)32,18-10-12-20(13-11-18)31-33(3,28)29)19-8-4-6-16(14-19)17-7-5-9-21(15-17)30-2/h4-15H,1-3H3,(H,25,32). The molecular weight excluding hydrogens is 460 g/mol. The minimum absolute atomic E-state index is 0.155. The Morgan fingerprint density at radius 1 is 0.909 bits per heavy atom. The summed E-state index contributed by atoms with van der Waals surface area (Å²) in [6.45, 7) is 0. The molecule has 3 aromatic carbocycles. The van der Waals surface area contributed by atoms with Crippen LogP contribution in [0.25, 0.3) is 11.1 Å². The topological polar surface area (TPSA) is 84.9 Å². The molecule has 1 aliphatic rings. The van der Waals surface area contributed by atoms with Gasteiger partial charge in [0.05, 0.1) is 13.4 Å². The predicted molar refractivity (Wildman–Crippen MR) is 130 cm³/mol. The Bertz CT molecular complexity index is 1340. The molecule has 0 aliphatic carbocycles. The smallest absolute Gasteiger partial charge is 0.306 e. The van der Waals surface area contributed by atoms with Crippen LogP contribution in [0.15, 0.2) is 72.8 Å². The lowest BCUT2D eigenvalue weighted by atomic mass is 9.81. The van der Waals surface area contributed by atoms with Gasteiger partial charge in [0.2, 0.25) is 0 Å². The Balaban J connectivity index is 1.84. The maximum Gasteiger partial charge on any atom is 0.306 e. The van der Waals surface area contributed by atoms with Crippen LogP contribution in [0.2, 0.25) is 0 Å². The molecule has 1 saturated heterocycles. The Hall–Kier alpha value is -3.43. The molecule has 4 rings (SSSR count). The second-order valence-electron chi connectivity index (χ2n) is 7.67. The molecule has 0 aromatic heterocycles. The number of carbonyl (C=O) groups excluding carboxylic acids is 1. The van der Waals surface area contributed by atoms with Gasteiger partial charge in [0.25, 0.3) is 5.91 Å². The third kappa shape index (κ3) is 4.29. The van der Waals surface area contributed by atoms with Crippen LogP contribution in [0.1, 0.15) is 11.1 Å². The molecule has 0 spiro atoms. The molecule has 1 amide bonds. The molecule has 1 unspecified atom stereocenters. The summed E-state index contributed by atoms with van der Waals surface area (Å²) in [5, 5.41) is 3.49. The molecule has 170 valence electrons. The van der Waals surface area contributed by atoms with Crippen molar-refractivity contribution in [2.75, 3.05) is 20.4 Å². The van der Waals surface area contributed by atoms with E-state index < -0.39 is 15.7 Å². The highest BCUT2D eigenvalue weighted by Gasteiger charge is 2.50. The molecule has 1 aliphatic heterocycles. The van der Waals surface area contributed by atoms with Gasteiger partial charge in [-0.1, -0.05) is 42.5 Å². The molecule has 0 saturated carbocycles. The summed E-state index contributed by atoms with van der Waals surface area (Å²) >= 11 is 5.40. The van der Waals surface area contributed by atoms with Gasteiger partial charge in [0.15, 0.2) is 10.7 Å². The molecule has 33 heavy (non-hydrogen) atoms. The number of likely N-dealkylation sites (N-methyl/N-ethyl adjacent to an activating group) is 1. The molecule has 0 radical (unpaired) electrons. The molecule has 1 heterocycles. The van der Waals surface area contributed by atoms with Crippen molar-refractivity contribution in [1.82, 2.24) is 10.2 Å². The summed E-state index contributed by atoms with van der Waals surface area (Å²) in [7, 11) is -0.440. The normalized spacial score (nSPS) is 18.2. The minimum atomic E-state index is -3.67. The van der Waals surface area contributed by atoms with E-state index in [0.717, 1.165) is 23.1 Å². The number of hydrogen-bond acceptors (Lipinski definition) is 6. The average Bonchev–Trinajstić information content (AvgIpc) is 3.03. The lowest BCUT2D eigenvalue weighted by molar-refractivity contribution is -0.129. The number of amides is 1. The van der Waals surface area contributed by atoms with Gasteiger partial charge in [0, 0.05) is 7.05 Å². The summed E-state index contributed by atoms with van der Waals surface area (Å²) in [6, 6.07) is 21.6. The van der Waals surface area contributed by atoms with Crippen LogP contribution in [0.5, 0.6) is 11.5 Å². The number of methoxy groups -OCH3 is 1. The number of rotatable bonds is 6. The third-order valence-electron chi connectivity index (χ3n) is 5.46. The van der Waals surface area contributed by atoms with E-state index in [9.17, 15) is 13.2 Å². The van der Waals surface area contributed by atoms with Crippen LogP contribution in [-0.2, 0) is 20.5 Å². The van der Waals surface area contributed by atoms with Crippen LogP contribution in [0, 0.1) is 0 Å². The maximum atomic E-state index is 13.5. The summed E-state index contributed by atoms with van der Waals surface area (Å²) in [5.41, 5.74) is 1.85. The first kappa shape index (κ1) is 22.8. The maximum absolute atomic E-state index is 13.5. The van der Waals surface area contributed by atoms with E-state index >= 15 is 0 Å². The number of hydrogen-bond donors (Lipinski definition) is 1. The van der Waals surface area contributed by atoms with Crippen molar-refractivity contribution in [1.29, 1.82) is 0 Å². The molecule has 0 bridgehead atoms. The summed E-state index contributed by atoms with van der Waals surface area (Å²) < 4.78 is 33.2. The minimum Gasteiger partial charge on any atom is -0.497 e. The number of nitrogens with zero attached hydrogens (tertiary/aromatic N) is 1. The highest BCUT2D eigenvalue weighted by Crippen LogP contribution is 2.38. The van der Waals surface area contributed by atoms with E-state index in [1.807, 2.05) is 48.5 Å². The van der Waals surface area contributed by atoms with Crippen molar-refractivity contribution >= 4 is 33.4 Å². The van der Waals surface area contributed by atoms with Crippen molar-refractivity contribution in [2.45, 2.75) is 5.54 Å². The summed E-state index contributed by atoms with van der Waals surface area (Å²) in [6.07, 6.45) is 0.974. The van der Waals surface area contributed by atoms with Gasteiger partial charge in [-0.2, -0.15) is 8.42 Å². The zero-order valence-corrected chi connectivity index (χ0v) is 19.9. The molecule has 7 nitrogen and oxygen atoms in total. The van der Waals surface area contributed by atoms with Crippen molar-refractivity contribution < 1.29 is 22.1 Å². The fraction of sp³-hybridized carbons (Fsp3) is 0.167. The van der Waals surface area contributed by atoms with E-state index in [-0.39, 0.29) is 11.7 Å². The van der Waals surface area contributed by atoms with Gasteiger partial charge in [-0.05, 0) is 64.8 Å². The third-order valence-corrected chi connectivity index (χ3v) is 6.33. The number of benzene rings is 3. The zero-order valence-electron chi connectivity index (χ0n) is 18.2. The Morgan fingerprint density at radius 3 is 2.12 bits per heavy atom. The first-order chi connectivity index (χ1) is 15.6. The van der Waals surface area contributed by atoms with E-state index in [4.69, 9.17) is 21.1 Å². The van der Waals surface area contributed by atoms with Crippen LogP contribution >= 0.6 is 12.2 Å². The van der Waals surface area contributed by atoms with Crippen LogP contribution < -0.4 is 14.2 Å². The molecule has 1 N–H and O–H groups in total. The van der Waals surface area contributed by atoms with Crippen molar-refractivity contribution in [3.8, 4) is 22.6 Å². The summed E-state index contributed by atoms with van der Waals surface area (Å²) in [4.78, 5) is 14.9. The number of ether oxygens (including phenoxy) is 1. The highest BCUT2D eigenvalue weighted by molar-refractivity contribution is 7.86. The summed E-state index contributed by atoms with van der Waals surface area (Å²) in [5.74, 6) is 0.639. The largest absolute Gasteiger partial charge is 0.497 e. The average molecular weight is 483 g/mol. The SMILES string of the molecule is COc1cccc(-c2cccc(C3(c4ccc(OS(C)(=O)=O)cc4)NC(=S)N(C)C3=O)c2)c1. The lowest BCUT2D eigenvalue weighted by Crippen LogP contribution is -2.44. The molecule has 9 heteroatoms. The van der Waals surface area contributed by atoms with Gasteiger partial charge in [-0.3, -0.25) is 9.69 Å². The zero-order chi connectivity index (χ0) is 23.8. The van der Waals surface area contributed by atoms with Crippen molar-refractivity contribution in [3.63, 3.8) is 0 Å². The first-order valence-corrected chi connectivity index (χ1v) is 12.2. The monoisotopic (exact) mass is 482 g/mol. The Kier molecular flexibility index (Phi) is 5.85. The van der Waals surface area contributed by atoms with Gasteiger partial charge in [-0.15, -0.1) is 0 Å². The Labute approximate surface area is 198 Å². The quantitative estimate of drug-likeness (QED) is 0.426. The first-order valence-electron chi connectivity index (χ1n) is 9.99.